The summed E-state index contributed by atoms with van der Waals surface area (Å²) < 4.78 is 0. The first-order valence-electron chi connectivity index (χ1n) is 8.62. The molecule has 0 amide bonds. The van der Waals surface area contributed by atoms with E-state index in [0.29, 0.717) is 35.4 Å². The Hall–Kier alpha value is -2.69. The Morgan fingerprint density at radius 2 is 2.35 bits per heavy atom. The van der Waals surface area contributed by atoms with Gasteiger partial charge < -0.3 is 10.4 Å². The molecule has 7 heteroatoms. The molecule has 26 heavy (non-hydrogen) atoms. The Morgan fingerprint density at radius 3 is 3.08 bits per heavy atom. The zero-order valence-electron chi connectivity index (χ0n) is 14.4. The van der Waals surface area contributed by atoms with Crippen molar-refractivity contribution in [2.24, 2.45) is 0 Å². The molecule has 1 saturated carbocycles. The van der Waals surface area contributed by atoms with E-state index >= 15 is 0 Å². The molecular formula is C19H25N5OS. The predicted molar refractivity (Wildman–Crippen MR) is 109 cm³/mol. The maximum absolute atomic E-state index is 9.99. The Labute approximate surface area is 160 Å². The van der Waals surface area contributed by atoms with Crippen molar-refractivity contribution in [1.82, 2.24) is 20.2 Å². The third kappa shape index (κ3) is 3.34. The molecule has 3 aromatic heterocycles. The van der Waals surface area contributed by atoms with Gasteiger partial charge in [0.05, 0.1) is 16.5 Å². The lowest BCUT2D eigenvalue weighted by Gasteiger charge is -2.06. The number of hydrogen-bond acceptors (Lipinski definition) is 6. The van der Waals surface area contributed by atoms with E-state index in [1.165, 1.54) is 24.2 Å². The highest BCUT2D eigenvalue weighted by molar-refractivity contribution is 7.15. The van der Waals surface area contributed by atoms with Gasteiger partial charge in [-0.3, -0.25) is 5.10 Å². The van der Waals surface area contributed by atoms with Crippen LogP contribution in [0.3, 0.4) is 0 Å². The number of nitrogens with one attached hydrogen (secondary N) is 2. The molecule has 3 aromatic rings. The maximum atomic E-state index is 9.99. The molecule has 0 radical (unpaired) electrons. The van der Waals surface area contributed by atoms with Crippen molar-refractivity contribution < 1.29 is 9.39 Å². The van der Waals surface area contributed by atoms with Crippen LogP contribution in [0, 0.1) is 12.3 Å². The van der Waals surface area contributed by atoms with Gasteiger partial charge in [-0.25, -0.2) is 9.97 Å². The van der Waals surface area contributed by atoms with Gasteiger partial charge in [0.1, 0.15) is 0 Å². The number of rotatable bonds is 6. The van der Waals surface area contributed by atoms with Crippen molar-refractivity contribution in [1.29, 1.82) is 0 Å². The highest BCUT2D eigenvalue weighted by Crippen LogP contribution is 2.39. The van der Waals surface area contributed by atoms with Crippen LogP contribution in [0.2, 0.25) is 0 Å². The van der Waals surface area contributed by atoms with Gasteiger partial charge in [-0.2, -0.15) is 5.10 Å². The molecule has 6 nitrogen and oxygen atoms in total. The zero-order chi connectivity index (χ0) is 18.1. The first-order chi connectivity index (χ1) is 12.7. The number of terminal acetylenes is 1. The summed E-state index contributed by atoms with van der Waals surface area (Å²) in [7, 11) is 0. The number of aromatic amines is 1. The Kier molecular flexibility index (Phi) is 4.45. The second-order valence-corrected chi connectivity index (χ2v) is 7.45. The Morgan fingerprint density at radius 1 is 1.50 bits per heavy atom. The van der Waals surface area contributed by atoms with Crippen LogP contribution in [0.1, 0.15) is 58.6 Å². The van der Waals surface area contributed by atoms with Crippen molar-refractivity contribution in [2.45, 2.75) is 38.2 Å². The summed E-state index contributed by atoms with van der Waals surface area (Å²) in [4.78, 5) is 10.8. The minimum atomic E-state index is -0.457. The summed E-state index contributed by atoms with van der Waals surface area (Å²) in [5, 5.41) is 20.5. The molecule has 138 valence electrons. The van der Waals surface area contributed by atoms with Gasteiger partial charge in [0.2, 0.25) is 0 Å². The average Bonchev–Trinajstić information content (AvgIpc) is 3.21. The predicted octanol–water partition coefficient (Wildman–Crippen LogP) is 4.71. The summed E-state index contributed by atoms with van der Waals surface area (Å²) in [5.74, 6) is 5.03. The molecular weight excluding hydrogens is 346 g/mol. The molecule has 1 atom stereocenters. The van der Waals surface area contributed by atoms with Gasteiger partial charge in [-0.15, -0.1) is 17.8 Å². The fourth-order valence-corrected chi connectivity index (χ4v) is 3.70. The summed E-state index contributed by atoms with van der Waals surface area (Å²) in [6.45, 7) is 1.95. The summed E-state index contributed by atoms with van der Waals surface area (Å²) in [6, 6.07) is 5.84. The molecule has 3 heterocycles. The fourth-order valence-electron chi connectivity index (χ4n) is 2.68. The Balaban J connectivity index is 0.00000140. The van der Waals surface area contributed by atoms with Crippen LogP contribution in [0.25, 0.3) is 10.7 Å². The van der Waals surface area contributed by atoms with Gasteiger partial charge in [-0.1, -0.05) is 12.8 Å². The van der Waals surface area contributed by atoms with E-state index in [0.717, 1.165) is 15.4 Å². The number of nitrogens with zero attached hydrogens (tertiary/aromatic N) is 3. The molecule has 0 aromatic carbocycles. The number of aromatic nitrogens is 4. The van der Waals surface area contributed by atoms with Crippen LogP contribution in [0.15, 0.2) is 24.4 Å². The third-order valence-electron chi connectivity index (χ3n) is 4.37. The van der Waals surface area contributed by atoms with Crippen molar-refractivity contribution in [3.05, 3.63) is 40.5 Å². The molecule has 1 aliphatic carbocycles. The fraction of sp³-hybridized carbons (Fsp3) is 0.316. The molecule has 1 aliphatic rings. The number of thiophene rings is 1. The van der Waals surface area contributed by atoms with Gasteiger partial charge in [0.25, 0.3) is 0 Å². The summed E-state index contributed by atoms with van der Waals surface area (Å²) in [5.41, 5.74) is 1.72. The largest absolute Gasteiger partial charge is 0.388 e. The molecule has 0 spiro atoms. The first kappa shape index (κ1) is 16.8. The SMILES string of the molecule is C#Cc1cnc(-c2ccc([C@@H](O)CC)s2)nc1Nc1cc(C2CC2)[nH]n1.[HH].[HH].[HH]. The zero-order valence-corrected chi connectivity index (χ0v) is 15.2. The molecule has 0 saturated heterocycles. The molecule has 0 aliphatic heterocycles. The smallest absolute Gasteiger partial charge is 0.171 e. The minimum Gasteiger partial charge on any atom is -0.388 e. The molecule has 4 rings (SSSR count). The Bertz CT molecular complexity index is 980. The van der Waals surface area contributed by atoms with Crippen LogP contribution in [-0.4, -0.2) is 25.3 Å². The standard InChI is InChI=1S/C19H19N5OS.3H2/c1-3-11-10-20-19(16-8-7-15(26-16)14(25)4-2)22-18(11)21-17-9-13(23-24-17)12-5-6-12;;;/h1,7-10,12,14,25H,4-6H2,2H3,(H2,20,21,22,23,24);3*1H/t14-;;;/m0.../s1. The molecule has 0 bridgehead atoms. The topological polar surface area (TPSA) is 86.7 Å². The van der Waals surface area contributed by atoms with E-state index in [9.17, 15) is 5.11 Å². The van der Waals surface area contributed by atoms with Crippen LogP contribution < -0.4 is 5.32 Å². The quantitative estimate of drug-likeness (QED) is 0.546. The minimum absolute atomic E-state index is 0. The molecule has 0 unspecified atom stereocenters. The van der Waals surface area contributed by atoms with Crippen LogP contribution >= 0.6 is 11.3 Å². The van der Waals surface area contributed by atoms with E-state index in [-0.39, 0.29) is 4.28 Å². The second kappa shape index (κ2) is 6.90. The highest BCUT2D eigenvalue weighted by atomic mass is 32.1. The van der Waals surface area contributed by atoms with E-state index < -0.39 is 6.10 Å². The van der Waals surface area contributed by atoms with Crippen molar-refractivity contribution in [3.63, 3.8) is 0 Å². The lowest BCUT2D eigenvalue weighted by Crippen LogP contribution is -2.00. The lowest BCUT2D eigenvalue weighted by molar-refractivity contribution is 0.177. The van der Waals surface area contributed by atoms with Crippen LogP contribution in [0.5, 0.6) is 0 Å². The van der Waals surface area contributed by atoms with Crippen LogP contribution in [-0.2, 0) is 0 Å². The van der Waals surface area contributed by atoms with E-state index in [4.69, 9.17) is 6.42 Å². The van der Waals surface area contributed by atoms with Gasteiger partial charge in [0, 0.05) is 33.0 Å². The van der Waals surface area contributed by atoms with E-state index in [1.807, 2.05) is 25.1 Å². The van der Waals surface area contributed by atoms with Crippen molar-refractivity contribution >= 4 is 23.0 Å². The van der Waals surface area contributed by atoms with Gasteiger partial charge in [-0.05, 0) is 31.4 Å². The monoisotopic (exact) mass is 371 g/mol. The molecule has 3 N–H and O–H groups in total. The third-order valence-corrected chi connectivity index (χ3v) is 5.55. The second-order valence-electron chi connectivity index (χ2n) is 6.33. The summed E-state index contributed by atoms with van der Waals surface area (Å²) >= 11 is 1.49. The van der Waals surface area contributed by atoms with E-state index in [1.54, 1.807) is 6.20 Å². The highest BCUT2D eigenvalue weighted by Gasteiger charge is 2.25. The number of H-pyrrole nitrogens is 1. The van der Waals surface area contributed by atoms with Crippen LogP contribution in [0.4, 0.5) is 11.6 Å². The number of anilines is 2. The molecule has 1 fully saturated rings. The normalized spacial score (nSPS) is 14.8. The van der Waals surface area contributed by atoms with Crippen molar-refractivity contribution in [3.8, 4) is 23.0 Å². The number of hydrogen-bond donors (Lipinski definition) is 3. The van der Waals surface area contributed by atoms with E-state index in [2.05, 4.69) is 31.4 Å². The maximum Gasteiger partial charge on any atom is 0.171 e. The van der Waals surface area contributed by atoms with Gasteiger partial charge >= 0.3 is 0 Å². The average molecular weight is 372 g/mol. The number of aliphatic hydroxyl groups is 1. The summed E-state index contributed by atoms with van der Waals surface area (Å²) in [6.07, 6.45) is 9.85. The van der Waals surface area contributed by atoms with Gasteiger partial charge in [0.15, 0.2) is 17.5 Å². The first-order valence-corrected chi connectivity index (χ1v) is 9.43. The van der Waals surface area contributed by atoms with Crippen molar-refractivity contribution in [2.75, 3.05) is 5.32 Å². The lowest BCUT2D eigenvalue weighted by atomic mass is 10.2. The number of aliphatic hydroxyl groups excluding tert-OH is 1.